The van der Waals surface area contributed by atoms with Crippen LogP contribution in [0.1, 0.15) is 33.4 Å². The molecule has 0 atom stereocenters. The molecule has 0 amide bonds. The SMILES string of the molecule is CI.COC(=O)Cl.COC(=O)Oc1cc([N+](=O)[O-])c(F)cc1C.COC(=O)Oc1ccc(F)cc1C.COc1cc(N)c(F)cc1C.COc1cc([N+](=O)[O-])c(F)cc1C.Cc1cc(F)c([N+](=O)[O-])cc1O.Cc1cc(F)ccc1O. The van der Waals surface area contributed by atoms with Crippen LogP contribution in [0.3, 0.4) is 0 Å². The Morgan fingerprint density at radius 2 is 0.790 bits per heavy atom. The van der Waals surface area contributed by atoms with E-state index in [9.17, 15) is 71.1 Å². The maximum absolute atomic E-state index is 13.1. The highest BCUT2D eigenvalue weighted by atomic mass is 127. The van der Waals surface area contributed by atoms with Crippen molar-refractivity contribution in [2.45, 2.75) is 41.5 Å². The highest BCUT2D eigenvalue weighted by Crippen LogP contribution is 2.30. The molecule has 4 N–H and O–H groups in total. The summed E-state index contributed by atoms with van der Waals surface area (Å²) in [6, 6.07) is 16.2. The number of alkyl halides is 1. The summed E-state index contributed by atoms with van der Waals surface area (Å²) in [5.41, 5.74) is 5.55. The number of hydrogen-bond donors (Lipinski definition) is 3. The third-order valence-corrected chi connectivity index (χ3v) is 9.41. The number of benzene rings is 6. The number of rotatable bonds is 7. The fourth-order valence-corrected chi connectivity index (χ4v) is 5.18. The van der Waals surface area contributed by atoms with Gasteiger partial charge in [0.15, 0.2) is 0 Å². The van der Waals surface area contributed by atoms with E-state index in [0.717, 1.165) is 49.1 Å². The number of nitro groups is 3. The lowest BCUT2D eigenvalue weighted by Crippen LogP contribution is -2.09. The fourth-order valence-electron chi connectivity index (χ4n) is 5.18. The Morgan fingerprint density at radius 1 is 0.469 bits per heavy atom. The first-order valence-corrected chi connectivity index (χ1v) is 24.3. The molecule has 6 aromatic rings. The molecule has 0 aliphatic heterocycles. The van der Waals surface area contributed by atoms with Crippen LogP contribution < -0.4 is 24.7 Å². The largest absolute Gasteiger partial charge is 0.513 e. The molecule has 0 bridgehead atoms. The standard InChI is InChI=1S/C9H8FNO5.C9H9FO3.C8H8FNO3.C8H10FNO.C7H6FNO3.C7H7FO.C2H3ClO2.CH3I/c1-5-3-6(10)7(11(13)14)4-8(5)16-9(12)15-2;1-6-5-7(10)3-4-8(6)13-9(11)12-2;1-5-3-6(9)7(10(11)12)4-8(5)13-2;1-5-3-6(9)7(10)4-8(5)11-2;1-4-2-5(8)6(9(11)12)3-7(4)10;1-5-4-6(8)2-3-7(5)9;1-5-2(3)4;1-2/h3-4H,1-2H3;3-5H,1-2H3;3-4H,1-2H3;3-4H,10H2,1-2H3;2-3,10H,1H3;2-4,9H,1H3;1H3;1H3. The predicted octanol–water partition coefficient (Wildman–Crippen LogP) is 13.9. The van der Waals surface area contributed by atoms with Gasteiger partial charge in [0.2, 0.25) is 17.5 Å². The van der Waals surface area contributed by atoms with Crippen molar-refractivity contribution >= 4 is 74.7 Å². The Bertz CT molecular complexity index is 3110. The van der Waals surface area contributed by atoms with Crippen molar-refractivity contribution in [1.82, 2.24) is 0 Å². The van der Waals surface area contributed by atoms with Gasteiger partial charge in [0.05, 0.1) is 74.2 Å². The number of ether oxygens (including phenoxy) is 7. The number of phenolic OH excluding ortho intramolecular Hbond substituents is 2. The van der Waals surface area contributed by atoms with Crippen LogP contribution in [0.15, 0.2) is 84.9 Å². The molecule has 0 aliphatic carbocycles. The van der Waals surface area contributed by atoms with Gasteiger partial charge in [-0.25, -0.2) is 27.6 Å². The topological polar surface area (TPSA) is 312 Å². The second-order valence-electron chi connectivity index (χ2n) is 14.9. The van der Waals surface area contributed by atoms with Crippen molar-refractivity contribution in [3.63, 3.8) is 0 Å². The Balaban J connectivity index is 0. The third kappa shape index (κ3) is 27.5. The number of halogens is 8. The van der Waals surface area contributed by atoms with Gasteiger partial charge in [-0.3, -0.25) is 30.3 Å². The second-order valence-corrected chi connectivity index (χ2v) is 15.3. The number of aryl methyl sites for hydroxylation is 6. The first-order valence-electron chi connectivity index (χ1n) is 21.8. The van der Waals surface area contributed by atoms with E-state index in [1.54, 1.807) is 27.7 Å². The number of nitro benzene ring substituents is 3. The predicted molar refractivity (Wildman–Crippen MR) is 292 cm³/mol. The smallest absolute Gasteiger partial charge is 0.508 e. The fraction of sp³-hybridized carbons (Fsp3) is 0.235. The lowest BCUT2D eigenvalue weighted by molar-refractivity contribution is -0.387. The molecule has 30 heteroatoms. The summed E-state index contributed by atoms with van der Waals surface area (Å²) >= 11 is 6.75. The molecular formula is C51H54ClF6IN4O18. The number of hydrogen-bond acceptors (Lipinski definition) is 19. The molecule has 6 aromatic carbocycles. The van der Waals surface area contributed by atoms with E-state index < -0.39 is 72.8 Å². The van der Waals surface area contributed by atoms with E-state index in [-0.39, 0.29) is 45.7 Å². The summed E-state index contributed by atoms with van der Waals surface area (Å²) in [6.45, 7) is 9.58. The number of carbonyl (C=O) groups excluding carboxylic acids is 3. The Labute approximate surface area is 477 Å². The zero-order valence-electron chi connectivity index (χ0n) is 45.0. The molecule has 0 radical (unpaired) electrons. The Morgan fingerprint density at radius 3 is 1.16 bits per heavy atom. The Hall–Kier alpha value is -8.87. The number of anilines is 1. The molecule has 0 fully saturated rings. The molecule has 0 aromatic heterocycles. The van der Waals surface area contributed by atoms with Crippen LogP contribution in [0, 0.1) is 107 Å². The van der Waals surface area contributed by atoms with Gasteiger partial charge in [-0.1, -0.05) is 22.6 Å². The van der Waals surface area contributed by atoms with Crippen molar-refractivity contribution in [2.75, 3.05) is 46.2 Å². The van der Waals surface area contributed by atoms with E-state index in [0.29, 0.717) is 33.9 Å². The molecule has 0 unspecified atom stereocenters. The van der Waals surface area contributed by atoms with E-state index >= 15 is 0 Å². The molecule has 0 saturated carbocycles. The maximum Gasteiger partial charge on any atom is 0.513 e. The van der Waals surface area contributed by atoms with Gasteiger partial charge in [-0.05, 0) is 141 Å². The zero-order chi connectivity index (χ0) is 63.0. The Kier molecular flexibility index (Phi) is 34.7. The minimum Gasteiger partial charge on any atom is -0.508 e. The van der Waals surface area contributed by atoms with Crippen LogP contribution in [0.4, 0.5) is 63.5 Å². The van der Waals surface area contributed by atoms with Gasteiger partial charge in [0.1, 0.15) is 51.9 Å². The molecule has 0 aliphatic rings. The summed E-state index contributed by atoms with van der Waals surface area (Å²) in [5.74, 6) is -2.87. The monoisotopic (exact) mass is 1290 g/mol. The van der Waals surface area contributed by atoms with Crippen LogP contribution in [-0.4, -0.2) is 83.2 Å². The summed E-state index contributed by atoms with van der Waals surface area (Å²) < 4.78 is 108. The van der Waals surface area contributed by atoms with Crippen LogP contribution in [0.2, 0.25) is 0 Å². The summed E-state index contributed by atoms with van der Waals surface area (Å²) in [6.07, 6.45) is -1.83. The number of aromatic hydroxyl groups is 2. The molecule has 81 heavy (non-hydrogen) atoms. The zero-order valence-corrected chi connectivity index (χ0v) is 47.9. The van der Waals surface area contributed by atoms with Gasteiger partial charge < -0.3 is 49.1 Å². The van der Waals surface area contributed by atoms with Crippen molar-refractivity contribution < 1.29 is 98.9 Å². The highest BCUT2D eigenvalue weighted by molar-refractivity contribution is 14.1. The lowest BCUT2D eigenvalue weighted by atomic mass is 10.2. The molecule has 0 saturated heterocycles. The van der Waals surface area contributed by atoms with Crippen molar-refractivity contribution in [3.8, 4) is 34.5 Å². The van der Waals surface area contributed by atoms with Gasteiger partial charge >= 0.3 is 34.8 Å². The van der Waals surface area contributed by atoms with Crippen molar-refractivity contribution in [2.24, 2.45) is 0 Å². The van der Waals surface area contributed by atoms with Crippen molar-refractivity contribution in [1.29, 1.82) is 0 Å². The number of phenols is 2. The number of nitrogens with zero attached hydrogens (tertiary/aromatic N) is 3. The van der Waals surface area contributed by atoms with Crippen molar-refractivity contribution in [3.05, 3.63) is 184 Å². The second kappa shape index (κ2) is 37.9. The molecule has 0 heterocycles. The van der Waals surface area contributed by atoms with Crippen LogP contribution in [0.25, 0.3) is 0 Å². The van der Waals surface area contributed by atoms with Gasteiger partial charge in [0.25, 0.3) is 0 Å². The molecule has 22 nitrogen and oxygen atoms in total. The van der Waals surface area contributed by atoms with Crippen LogP contribution in [0.5, 0.6) is 34.5 Å². The van der Waals surface area contributed by atoms with Crippen LogP contribution >= 0.6 is 34.2 Å². The number of nitrogen functional groups attached to an aromatic ring is 1. The molecule has 442 valence electrons. The minimum absolute atomic E-state index is 0.111. The average molecular weight is 1290 g/mol. The van der Waals surface area contributed by atoms with E-state index in [4.69, 9.17) is 30.2 Å². The molecule has 0 spiro atoms. The van der Waals surface area contributed by atoms with E-state index in [2.05, 4.69) is 53.1 Å². The summed E-state index contributed by atoms with van der Waals surface area (Å²) in [5, 5.41) is 48.8. The first kappa shape index (κ1) is 74.2. The normalized spacial score (nSPS) is 9.33. The number of methoxy groups -OCH3 is 5. The third-order valence-electron chi connectivity index (χ3n) is 9.25. The minimum atomic E-state index is -1.02. The van der Waals surface area contributed by atoms with E-state index in [1.807, 2.05) is 4.93 Å². The summed E-state index contributed by atoms with van der Waals surface area (Å²) in [7, 11) is 6.43. The maximum atomic E-state index is 13.1. The van der Waals surface area contributed by atoms with Gasteiger partial charge in [0, 0.05) is 17.7 Å². The van der Waals surface area contributed by atoms with Crippen LogP contribution in [-0.2, 0) is 14.2 Å². The van der Waals surface area contributed by atoms with E-state index in [1.165, 1.54) is 90.8 Å². The lowest BCUT2D eigenvalue weighted by Gasteiger charge is -2.05. The quantitative estimate of drug-likeness (QED) is 0.0128. The first-order chi connectivity index (χ1) is 37.8. The van der Waals surface area contributed by atoms with Gasteiger partial charge in [-0.2, -0.15) is 13.2 Å². The van der Waals surface area contributed by atoms with Gasteiger partial charge in [-0.15, -0.1) is 0 Å². The number of carbonyl (C=O) groups is 3. The average Bonchev–Trinajstić information content (AvgIpc) is 3.40. The number of nitrogens with two attached hydrogens (primary N) is 1. The molecule has 6 rings (SSSR count). The summed E-state index contributed by atoms with van der Waals surface area (Å²) in [4.78, 5) is 61.1. The molecular weight excluding hydrogens is 1230 g/mol. The highest BCUT2D eigenvalue weighted by Gasteiger charge is 2.20.